The van der Waals surface area contributed by atoms with Crippen LogP contribution < -0.4 is 0 Å². The molecule has 1 unspecified atom stereocenters. The third-order valence-corrected chi connectivity index (χ3v) is 4.13. The van der Waals surface area contributed by atoms with Crippen molar-refractivity contribution in [2.24, 2.45) is 4.99 Å². The molecule has 3 nitrogen and oxygen atoms in total. The second-order valence-corrected chi connectivity index (χ2v) is 6.00. The van der Waals surface area contributed by atoms with E-state index < -0.39 is 6.10 Å². The van der Waals surface area contributed by atoms with Gasteiger partial charge in [-0.15, -0.1) is 0 Å². The lowest BCUT2D eigenvalue weighted by molar-refractivity contribution is 0.0997. The Kier molecular flexibility index (Phi) is 4.66. The van der Waals surface area contributed by atoms with Gasteiger partial charge in [-0.1, -0.05) is 54.6 Å². The number of fused-ring (bicyclic) bond motifs is 1. The van der Waals surface area contributed by atoms with E-state index in [0.717, 1.165) is 13.0 Å². The van der Waals surface area contributed by atoms with E-state index in [2.05, 4.69) is 34.2 Å². The average molecular weight is 294 g/mol. The van der Waals surface area contributed by atoms with Gasteiger partial charge in [0.15, 0.2) is 0 Å². The molecule has 2 aromatic rings. The minimum absolute atomic E-state index is 0.0480. The monoisotopic (exact) mass is 294 g/mol. The fourth-order valence-corrected chi connectivity index (χ4v) is 2.94. The molecule has 2 aromatic carbocycles. The summed E-state index contributed by atoms with van der Waals surface area (Å²) < 4.78 is 0. The van der Waals surface area contributed by atoms with Gasteiger partial charge in [-0.3, -0.25) is 9.89 Å². The van der Waals surface area contributed by atoms with Crippen LogP contribution in [0.3, 0.4) is 0 Å². The van der Waals surface area contributed by atoms with Gasteiger partial charge in [0.1, 0.15) is 0 Å². The van der Waals surface area contributed by atoms with Crippen LogP contribution in [-0.4, -0.2) is 42.0 Å². The summed E-state index contributed by atoms with van der Waals surface area (Å²) in [4.78, 5) is 6.68. The highest BCUT2D eigenvalue weighted by atomic mass is 16.3. The fourth-order valence-electron chi connectivity index (χ4n) is 2.94. The van der Waals surface area contributed by atoms with E-state index in [0.29, 0.717) is 6.54 Å². The second kappa shape index (κ2) is 6.86. The largest absolute Gasteiger partial charge is 0.390 e. The summed E-state index contributed by atoms with van der Waals surface area (Å²) in [5, 5.41) is 10.5. The van der Waals surface area contributed by atoms with E-state index >= 15 is 0 Å². The highest BCUT2D eigenvalue weighted by molar-refractivity contribution is 5.83. The van der Waals surface area contributed by atoms with Gasteiger partial charge in [-0.2, -0.15) is 0 Å². The summed E-state index contributed by atoms with van der Waals surface area (Å²) in [6.07, 6.45) is 2.26. The van der Waals surface area contributed by atoms with Crippen molar-refractivity contribution in [1.29, 1.82) is 0 Å². The first-order valence-electron chi connectivity index (χ1n) is 7.74. The van der Waals surface area contributed by atoms with Crippen LogP contribution in [0.4, 0.5) is 0 Å². The summed E-state index contributed by atoms with van der Waals surface area (Å²) in [5.74, 6) is 0. The van der Waals surface area contributed by atoms with Crippen molar-refractivity contribution in [3.05, 3.63) is 71.3 Å². The number of rotatable bonds is 5. The SMILES string of the molecule is CN(Cc1ccccc1)C[C@@H](O)C1Cc2ccccc2C=N1. The predicted molar refractivity (Wildman–Crippen MR) is 90.3 cm³/mol. The van der Waals surface area contributed by atoms with Crippen molar-refractivity contribution >= 4 is 6.21 Å². The van der Waals surface area contributed by atoms with Crippen molar-refractivity contribution in [2.45, 2.75) is 25.1 Å². The van der Waals surface area contributed by atoms with Crippen LogP contribution in [0.25, 0.3) is 0 Å². The molecular weight excluding hydrogens is 272 g/mol. The molecule has 0 saturated heterocycles. The maximum absolute atomic E-state index is 10.5. The van der Waals surface area contributed by atoms with Crippen molar-refractivity contribution in [2.75, 3.05) is 13.6 Å². The van der Waals surface area contributed by atoms with Gasteiger partial charge < -0.3 is 5.11 Å². The van der Waals surface area contributed by atoms with Crippen molar-refractivity contribution in [1.82, 2.24) is 4.90 Å². The molecule has 0 bridgehead atoms. The number of hydrogen-bond donors (Lipinski definition) is 1. The molecule has 1 N–H and O–H groups in total. The minimum Gasteiger partial charge on any atom is -0.390 e. The van der Waals surface area contributed by atoms with Gasteiger partial charge in [-0.25, -0.2) is 0 Å². The fraction of sp³-hybridized carbons (Fsp3) is 0.316. The molecule has 3 rings (SSSR count). The highest BCUT2D eigenvalue weighted by Crippen LogP contribution is 2.18. The summed E-state index contributed by atoms with van der Waals surface area (Å²) in [6.45, 7) is 1.46. The number of likely N-dealkylation sites (N-methyl/N-ethyl adjacent to an activating group) is 1. The summed E-state index contributed by atoms with van der Waals surface area (Å²) in [6, 6.07) is 18.5. The first-order valence-corrected chi connectivity index (χ1v) is 7.74. The van der Waals surface area contributed by atoms with Crippen molar-refractivity contribution in [3.8, 4) is 0 Å². The van der Waals surface area contributed by atoms with Gasteiger partial charge >= 0.3 is 0 Å². The number of aliphatic imine (C=N–C) groups is 1. The van der Waals surface area contributed by atoms with E-state index in [1.54, 1.807) is 0 Å². The number of benzene rings is 2. The maximum Gasteiger partial charge on any atom is 0.0893 e. The van der Waals surface area contributed by atoms with E-state index in [1.807, 2.05) is 43.6 Å². The second-order valence-electron chi connectivity index (χ2n) is 6.00. The molecule has 0 radical (unpaired) electrons. The first-order chi connectivity index (χ1) is 10.7. The minimum atomic E-state index is -0.446. The van der Waals surface area contributed by atoms with Gasteiger partial charge in [0.2, 0.25) is 0 Å². The lowest BCUT2D eigenvalue weighted by Gasteiger charge is -2.27. The first kappa shape index (κ1) is 14.9. The van der Waals surface area contributed by atoms with Crippen LogP contribution in [0.1, 0.15) is 16.7 Å². The Morgan fingerprint density at radius 3 is 2.68 bits per heavy atom. The Hall–Kier alpha value is -1.97. The Morgan fingerprint density at radius 2 is 1.86 bits per heavy atom. The highest BCUT2D eigenvalue weighted by Gasteiger charge is 2.23. The molecule has 0 amide bonds. The van der Waals surface area contributed by atoms with E-state index in [1.165, 1.54) is 16.7 Å². The molecule has 2 atom stereocenters. The predicted octanol–water partition coefficient (Wildman–Crippen LogP) is 2.52. The number of nitrogens with zero attached hydrogens (tertiary/aromatic N) is 2. The molecule has 3 heteroatoms. The zero-order valence-corrected chi connectivity index (χ0v) is 12.9. The van der Waals surface area contributed by atoms with Crippen LogP contribution in [-0.2, 0) is 13.0 Å². The summed E-state index contributed by atoms with van der Waals surface area (Å²) in [7, 11) is 2.04. The summed E-state index contributed by atoms with van der Waals surface area (Å²) >= 11 is 0. The maximum atomic E-state index is 10.5. The van der Waals surface area contributed by atoms with E-state index in [-0.39, 0.29) is 6.04 Å². The smallest absolute Gasteiger partial charge is 0.0893 e. The third-order valence-electron chi connectivity index (χ3n) is 4.13. The van der Waals surface area contributed by atoms with Gasteiger partial charge in [0.05, 0.1) is 12.1 Å². The normalized spacial score (nSPS) is 18.2. The number of aliphatic hydroxyl groups is 1. The van der Waals surface area contributed by atoms with Gasteiger partial charge in [0.25, 0.3) is 0 Å². The van der Waals surface area contributed by atoms with Crippen LogP contribution >= 0.6 is 0 Å². The Labute approximate surface area is 131 Å². The van der Waals surface area contributed by atoms with E-state index in [4.69, 9.17) is 0 Å². The quantitative estimate of drug-likeness (QED) is 0.920. The van der Waals surface area contributed by atoms with Crippen LogP contribution in [0.2, 0.25) is 0 Å². The zero-order chi connectivity index (χ0) is 15.4. The molecule has 0 fully saturated rings. The molecule has 22 heavy (non-hydrogen) atoms. The zero-order valence-electron chi connectivity index (χ0n) is 12.9. The van der Waals surface area contributed by atoms with Gasteiger partial charge in [-0.05, 0) is 30.2 Å². The molecule has 0 aromatic heterocycles. The number of hydrogen-bond acceptors (Lipinski definition) is 3. The van der Waals surface area contributed by atoms with Crippen LogP contribution in [0.5, 0.6) is 0 Å². The standard InChI is InChI=1S/C19H22N2O/c1-21(13-15-7-3-2-4-8-15)14-19(22)18-11-16-9-5-6-10-17(16)12-20-18/h2-10,12,18-19,22H,11,13-14H2,1H3/t18?,19-/m1/s1. The Balaban J connectivity index is 1.58. The Morgan fingerprint density at radius 1 is 1.14 bits per heavy atom. The third kappa shape index (κ3) is 3.62. The lowest BCUT2D eigenvalue weighted by atomic mass is 9.95. The van der Waals surface area contributed by atoms with Crippen molar-refractivity contribution < 1.29 is 5.11 Å². The Bertz CT molecular complexity index is 639. The molecule has 0 aliphatic carbocycles. The van der Waals surface area contributed by atoms with Gasteiger partial charge in [0, 0.05) is 19.3 Å². The number of aliphatic hydroxyl groups excluding tert-OH is 1. The molecule has 0 saturated carbocycles. The lowest BCUT2D eigenvalue weighted by Crippen LogP contribution is -2.38. The molecule has 114 valence electrons. The van der Waals surface area contributed by atoms with Crippen LogP contribution in [0, 0.1) is 0 Å². The molecule has 1 aliphatic rings. The molecule has 1 aliphatic heterocycles. The molecular formula is C19H22N2O. The van der Waals surface area contributed by atoms with Crippen LogP contribution in [0.15, 0.2) is 59.6 Å². The topological polar surface area (TPSA) is 35.8 Å². The molecule has 0 spiro atoms. The summed E-state index contributed by atoms with van der Waals surface area (Å²) in [5.41, 5.74) is 3.70. The molecule has 1 heterocycles. The van der Waals surface area contributed by atoms with E-state index in [9.17, 15) is 5.11 Å². The van der Waals surface area contributed by atoms with Crippen molar-refractivity contribution in [3.63, 3.8) is 0 Å². The average Bonchev–Trinajstić information content (AvgIpc) is 2.55.